The molecule has 0 bridgehead atoms. The lowest BCUT2D eigenvalue weighted by Crippen LogP contribution is -2.38. The lowest BCUT2D eigenvalue weighted by Gasteiger charge is -2.22. The van der Waals surface area contributed by atoms with Crippen LogP contribution in [0, 0.1) is 6.92 Å². The van der Waals surface area contributed by atoms with Gasteiger partial charge in [-0.15, -0.1) is 0 Å². The van der Waals surface area contributed by atoms with Gasteiger partial charge in [-0.1, -0.05) is 0 Å². The molecule has 1 aromatic rings. The molecule has 0 saturated carbocycles. The van der Waals surface area contributed by atoms with Gasteiger partial charge in [-0.3, -0.25) is 0 Å². The zero-order chi connectivity index (χ0) is 16.9. The SMILES string of the molecule is Cc1cc(C(=O)O)ccc1NC(C)CNC(=O)OC(C)(C)C. The molecule has 0 aliphatic rings. The predicted molar refractivity (Wildman–Crippen MR) is 85.5 cm³/mol. The van der Waals surface area contributed by atoms with E-state index < -0.39 is 17.7 Å². The van der Waals surface area contributed by atoms with Crippen LogP contribution in [0.5, 0.6) is 0 Å². The Morgan fingerprint density at radius 3 is 2.45 bits per heavy atom. The van der Waals surface area contributed by atoms with E-state index in [1.165, 1.54) is 0 Å². The highest BCUT2D eigenvalue weighted by Crippen LogP contribution is 2.17. The molecule has 0 aromatic heterocycles. The van der Waals surface area contributed by atoms with Gasteiger partial charge in [0.15, 0.2) is 0 Å². The molecule has 6 heteroatoms. The lowest BCUT2D eigenvalue weighted by atomic mass is 10.1. The number of carboxylic acids is 1. The molecule has 0 radical (unpaired) electrons. The molecule has 3 N–H and O–H groups in total. The van der Waals surface area contributed by atoms with E-state index in [-0.39, 0.29) is 11.6 Å². The Bertz CT molecular complexity index is 550. The first-order chi connectivity index (χ1) is 10.1. The van der Waals surface area contributed by atoms with Crippen molar-refractivity contribution in [3.8, 4) is 0 Å². The van der Waals surface area contributed by atoms with Crippen molar-refractivity contribution >= 4 is 17.7 Å². The number of carbonyl (C=O) groups excluding carboxylic acids is 1. The lowest BCUT2D eigenvalue weighted by molar-refractivity contribution is 0.0525. The van der Waals surface area contributed by atoms with E-state index in [1.807, 2.05) is 34.6 Å². The minimum Gasteiger partial charge on any atom is -0.478 e. The van der Waals surface area contributed by atoms with Crippen molar-refractivity contribution in [1.29, 1.82) is 0 Å². The molecule has 0 aliphatic carbocycles. The van der Waals surface area contributed by atoms with Crippen LogP contribution >= 0.6 is 0 Å². The number of ether oxygens (including phenoxy) is 1. The molecular formula is C16H24N2O4. The van der Waals surface area contributed by atoms with Crippen molar-refractivity contribution in [1.82, 2.24) is 5.32 Å². The Kier molecular flexibility index (Phi) is 5.79. The number of carbonyl (C=O) groups is 2. The number of alkyl carbamates (subject to hydrolysis) is 1. The summed E-state index contributed by atoms with van der Waals surface area (Å²) in [6.07, 6.45) is -0.459. The quantitative estimate of drug-likeness (QED) is 0.778. The standard InChI is InChI=1S/C16H24N2O4/c1-10-8-12(14(19)20)6-7-13(10)18-11(2)9-17-15(21)22-16(3,4)5/h6-8,11,18H,9H2,1-5H3,(H,17,21)(H,19,20). The third kappa shape index (κ3) is 6.03. The van der Waals surface area contributed by atoms with Crippen LogP contribution in [-0.4, -0.2) is 35.4 Å². The first-order valence-corrected chi connectivity index (χ1v) is 7.16. The van der Waals surface area contributed by atoms with E-state index in [9.17, 15) is 9.59 Å². The fraction of sp³-hybridized carbons (Fsp3) is 0.500. The third-order valence-corrected chi connectivity index (χ3v) is 2.83. The van der Waals surface area contributed by atoms with Crippen molar-refractivity contribution < 1.29 is 19.4 Å². The fourth-order valence-corrected chi connectivity index (χ4v) is 1.83. The zero-order valence-corrected chi connectivity index (χ0v) is 13.7. The van der Waals surface area contributed by atoms with Gasteiger partial charge in [-0.2, -0.15) is 0 Å². The minimum atomic E-state index is -0.950. The van der Waals surface area contributed by atoms with Gasteiger partial charge >= 0.3 is 12.1 Å². The highest BCUT2D eigenvalue weighted by Gasteiger charge is 2.16. The highest BCUT2D eigenvalue weighted by atomic mass is 16.6. The number of nitrogens with one attached hydrogen (secondary N) is 2. The smallest absolute Gasteiger partial charge is 0.407 e. The molecular weight excluding hydrogens is 284 g/mol. The molecule has 1 aromatic carbocycles. The van der Waals surface area contributed by atoms with E-state index in [0.29, 0.717) is 6.54 Å². The van der Waals surface area contributed by atoms with Gasteiger partial charge in [-0.25, -0.2) is 9.59 Å². The van der Waals surface area contributed by atoms with Crippen molar-refractivity contribution in [3.63, 3.8) is 0 Å². The summed E-state index contributed by atoms with van der Waals surface area (Å²) in [5.74, 6) is -0.950. The van der Waals surface area contributed by atoms with Crippen LogP contribution in [0.15, 0.2) is 18.2 Å². The molecule has 6 nitrogen and oxygen atoms in total. The maximum atomic E-state index is 11.6. The molecule has 1 rings (SSSR count). The first kappa shape index (κ1) is 17.8. The van der Waals surface area contributed by atoms with Gasteiger partial charge in [0.05, 0.1) is 5.56 Å². The van der Waals surface area contributed by atoms with Crippen molar-refractivity contribution in [2.24, 2.45) is 0 Å². The highest BCUT2D eigenvalue weighted by molar-refractivity contribution is 5.88. The largest absolute Gasteiger partial charge is 0.478 e. The number of hydrogen-bond acceptors (Lipinski definition) is 4. The number of amides is 1. The molecule has 1 unspecified atom stereocenters. The van der Waals surface area contributed by atoms with Gasteiger partial charge in [0.2, 0.25) is 0 Å². The number of aryl methyl sites for hydroxylation is 1. The zero-order valence-electron chi connectivity index (χ0n) is 13.7. The second-order valence-corrected chi connectivity index (χ2v) is 6.26. The Morgan fingerprint density at radius 2 is 1.95 bits per heavy atom. The van der Waals surface area contributed by atoms with Crippen LogP contribution in [0.3, 0.4) is 0 Å². The molecule has 0 saturated heterocycles. The van der Waals surface area contributed by atoms with Crippen LogP contribution < -0.4 is 10.6 Å². The summed E-state index contributed by atoms with van der Waals surface area (Å²) < 4.78 is 5.16. The third-order valence-electron chi connectivity index (χ3n) is 2.83. The minimum absolute atomic E-state index is 0.0260. The normalized spacial score (nSPS) is 12.4. The second kappa shape index (κ2) is 7.15. The summed E-state index contributed by atoms with van der Waals surface area (Å²) in [5.41, 5.74) is 1.40. The number of anilines is 1. The van der Waals surface area contributed by atoms with Gasteiger partial charge in [0.25, 0.3) is 0 Å². The Balaban J connectivity index is 2.53. The van der Waals surface area contributed by atoms with Crippen LogP contribution in [0.25, 0.3) is 0 Å². The molecule has 1 amide bonds. The number of hydrogen-bond donors (Lipinski definition) is 3. The number of aromatic carboxylic acids is 1. The van der Waals surface area contributed by atoms with E-state index in [4.69, 9.17) is 9.84 Å². The topological polar surface area (TPSA) is 87.7 Å². The Morgan fingerprint density at radius 1 is 1.32 bits per heavy atom. The molecule has 0 fully saturated rings. The average Bonchev–Trinajstić information content (AvgIpc) is 2.36. The molecule has 0 spiro atoms. The van der Waals surface area contributed by atoms with Gasteiger partial charge in [0.1, 0.15) is 5.60 Å². The van der Waals surface area contributed by atoms with Crippen LogP contribution in [0.2, 0.25) is 0 Å². The van der Waals surface area contributed by atoms with E-state index in [1.54, 1.807) is 18.2 Å². The maximum absolute atomic E-state index is 11.6. The van der Waals surface area contributed by atoms with Crippen LogP contribution in [0.4, 0.5) is 10.5 Å². The summed E-state index contributed by atoms with van der Waals surface area (Å²) in [5, 5.41) is 14.9. The predicted octanol–water partition coefficient (Wildman–Crippen LogP) is 3.02. The van der Waals surface area contributed by atoms with E-state index in [0.717, 1.165) is 11.3 Å². The Hall–Kier alpha value is -2.24. The van der Waals surface area contributed by atoms with Gasteiger partial charge in [-0.05, 0) is 58.4 Å². The summed E-state index contributed by atoms with van der Waals surface area (Å²) in [6.45, 7) is 9.57. The monoisotopic (exact) mass is 308 g/mol. The maximum Gasteiger partial charge on any atom is 0.407 e. The van der Waals surface area contributed by atoms with E-state index >= 15 is 0 Å². The van der Waals surface area contributed by atoms with Gasteiger partial charge in [0, 0.05) is 18.3 Å². The number of carboxylic acid groups (broad SMARTS) is 1. The first-order valence-electron chi connectivity index (χ1n) is 7.16. The summed E-state index contributed by atoms with van der Waals surface area (Å²) in [6, 6.07) is 4.86. The molecule has 22 heavy (non-hydrogen) atoms. The summed E-state index contributed by atoms with van der Waals surface area (Å²) in [7, 11) is 0. The average molecular weight is 308 g/mol. The second-order valence-electron chi connectivity index (χ2n) is 6.26. The van der Waals surface area contributed by atoms with Crippen LogP contribution in [0.1, 0.15) is 43.6 Å². The fourth-order valence-electron chi connectivity index (χ4n) is 1.83. The summed E-state index contributed by atoms with van der Waals surface area (Å²) >= 11 is 0. The van der Waals surface area contributed by atoms with Crippen LogP contribution in [-0.2, 0) is 4.74 Å². The molecule has 0 heterocycles. The van der Waals surface area contributed by atoms with E-state index in [2.05, 4.69) is 10.6 Å². The molecule has 0 aliphatic heterocycles. The molecule has 122 valence electrons. The Labute approximate surface area is 130 Å². The van der Waals surface area contributed by atoms with Crippen molar-refractivity contribution in [3.05, 3.63) is 29.3 Å². The summed E-state index contributed by atoms with van der Waals surface area (Å²) in [4.78, 5) is 22.5. The molecule has 1 atom stereocenters. The number of rotatable bonds is 5. The van der Waals surface area contributed by atoms with Crippen molar-refractivity contribution in [2.75, 3.05) is 11.9 Å². The van der Waals surface area contributed by atoms with Gasteiger partial charge < -0.3 is 20.5 Å². The van der Waals surface area contributed by atoms with Crippen molar-refractivity contribution in [2.45, 2.75) is 46.3 Å². The number of benzene rings is 1.